The lowest BCUT2D eigenvalue weighted by atomic mass is 10.1. The van der Waals surface area contributed by atoms with Crippen LogP contribution in [0.2, 0.25) is 0 Å². The van der Waals surface area contributed by atoms with Crippen LogP contribution >= 0.6 is 0 Å². The second-order valence-electron chi connectivity index (χ2n) is 3.73. The van der Waals surface area contributed by atoms with Gasteiger partial charge in [-0.2, -0.15) is 0 Å². The molecular formula is C11H11F2NO2. The van der Waals surface area contributed by atoms with E-state index in [-0.39, 0.29) is 6.42 Å². The summed E-state index contributed by atoms with van der Waals surface area (Å²) in [6, 6.07) is 6.09. The van der Waals surface area contributed by atoms with Crippen molar-refractivity contribution in [1.29, 1.82) is 0 Å². The van der Waals surface area contributed by atoms with E-state index >= 15 is 0 Å². The lowest BCUT2D eigenvalue weighted by Crippen LogP contribution is -2.41. The zero-order chi connectivity index (χ0) is 11.7. The van der Waals surface area contributed by atoms with Crippen molar-refractivity contribution in [2.75, 3.05) is 11.4 Å². The lowest BCUT2D eigenvalue weighted by molar-refractivity contribution is -0.138. The number of nitrogens with zero attached hydrogens (tertiary/aromatic N) is 1. The second-order valence-corrected chi connectivity index (χ2v) is 3.73. The first kappa shape index (κ1) is 10.9. The molecule has 0 amide bonds. The van der Waals surface area contributed by atoms with E-state index in [1.165, 1.54) is 4.90 Å². The number of para-hydroxylation sites is 1. The third-order valence-corrected chi connectivity index (χ3v) is 2.71. The molecule has 1 unspecified atom stereocenters. The highest BCUT2D eigenvalue weighted by Gasteiger charge is 2.35. The van der Waals surface area contributed by atoms with Crippen LogP contribution in [0.3, 0.4) is 0 Å². The molecule has 1 aliphatic heterocycles. The highest BCUT2D eigenvalue weighted by Crippen LogP contribution is 2.32. The van der Waals surface area contributed by atoms with Gasteiger partial charge < -0.3 is 10.0 Å². The second kappa shape index (κ2) is 4.08. The molecule has 1 aromatic rings. The summed E-state index contributed by atoms with van der Waals surface area (Å²) in [4.78, 5) is 12.2. The van der Waals surface area contributed by atoms with Crippen LogP contribution in [0.5, 0.6) is 0 Å². The monoisotopic (exact) mass is 227 g/mol. The lowest BCUT2D eigenvalue weighted by Gasteiger charge is -2.23. The molecular weight excluding hydrogens is 216 g/mol. The van der Waals surface area contributed by atoms with Crippen LogP contribution in [0.1, 0.15) is 5.56 Å². The first-order chi connectivity index (χ1) is 7.59. The number of carboxylic acid groups (broad SMARTS) is 1. The molecule has 0 bridgehead atoms. The van der Waals surface area contributed by atoms with E-state index in [0.717, 1.165) is 5.56 Å². The number of aliphatic carboxylic acids is 1. The third kappa shape index (κ3) is 1.85. The number of benzene rings is 1. The molecule has 0 aliphatic carbocycles. The average Bonchev–Trinajstić information content (AvgIpc) is 2.57. The van der Waals surface area contributed by atoms with Crippen LogP contribution in [-0.4, -0.2) is 30.1 Å². The molecule has 3 nitrogen and oxygen atoms in total. The Kier molecular flexibility index (Phi) is 2.77. The Labute approximate surface area is 91.3 Å². The molecule has 2 rings (SSSR count). The first-order valence-corrected chi connectivity index (χ1v) is 4.95. The van der Waals surface area contributed by atoms with Gasteiger partial charge in [-0.25, -0.2) is 13.6 Å². The molecule has 1 N–H and O–H groups in total. The average molecular weight is 227 g/mol. The van der Waals surface area contributed by atoms with Gasteiger partial charge in [0, 0.05) is 12.1 Å². The number of halogens is 2. The largest absolute Gasteiger partial charge is 0.480 e. The molecule has 1 aromatic carbocycles. The summed E-state index contributed by atoms with van der Waals surface area (Å²) < 4.78 is 24.8. The smallest absolute Gasteiger partial charge is 0.326 e. The van der Waals surface area contributed by atoms with Crippen molar-refractivity contribution in [2.24, 2.45) is 0 Å². The van der Waals surface area contributed by atoms with E-state index in [0.29, 0.717) is 5.69 Å². The molecule has 86 valence electrons. The van der Waals surface area contributed by atoms with Gasteiger partial charge in [-0.1, -0.05) is 18.2 Å². The SMILES string of the molecule is O=C(O)C1Cc2ccccc2N1CC(F)F. The van der Waals surface area contributed by atoms with Crippen LogP contribution < -0.4 is 4.90 Å². The molecule has 5 heteroatoms. The Bertz CT molecular complexity index is 409. The maximum absolute atomic E-state index is 12.4. The standard InChI is InChI=1S/C11H11F2NO2/c12-10(13)6-14-8-4-2-1-3-7(8)5-9(14)11(15)16/h1-4,9-10H,5-6H2,(H,15,16). The quantitative estimate of drug-likeness (QED) is 0.855. The topological polar surface area (TPSA) is 40.5 Å². The zero-order valence-electron chi connectivity index (χ0n) is 8.44. The van der Waals surface area contributed by atoms with E-state index in [4.69, 9.17) is 5.11 Å². The highest BCUT2D eigenvalue weighted by atomic mass is 19.3. The Morgan fingerprint density at radius 1 is 1.50 bits per heavy atom. The molecule has 16 heavy (non-hydrogen) atoms. The number of rotatable bonds is 3. The fourth-order valence-electron chi connectivity index (χ4n) is 2.04. The van der Waals surface area contributed by atoms with Crippen LogP contribution in [0.15, 0.2) is 24.3 Å². The number of anilines is 1. The fraction of sp³-hybridized carbons (Fsp3) is 0.364. The van der Waals surface area contributed by atoms with Crippen LogP contribution in [0.25, 0.3) is 0 Å². The number of carboxylic acids is 1. The van der Waals surface area contributed by atoms with E-state index in [1.807, 2.05) is 0 Å². The maximum atomic E-state index is 12.4. The predicted molar refractivity (Wildman–Crippen MR) is 54.9 cm³/mol. The van der Waals surface area contributed by atoms with Crippen LogP contribution in [0.4, 0.5) is 14.5 Å². The van der Waals surface area contributed by atoms with Crippen LogP contribution in [-0.2, 0) is 11.2 Å². The van der Waals surface area contributed by atoms with E-state index < -0.39 is 25.0 Å². The summed E-state index contributed by atoms with van der Waals surface area (Å²) in [6.45, 7) is -0.534. The van der Waals surface area contributed by atoms with Crippen molar-refractivity contribution in [3.63, 3.8) is 0 Å². The summed E-state index contributed by atoms with van der Waals surface area (Å²) >= 11 is 0. The van der Waals surface area contributed by atoms with Gasteiger partial charge in [-0.15, -0.1) is 0 Å². The molecule has 1 heterocycles. The summed E-state index contributed by atoms with van der Waals surface area (Å²) in [7, 11) is 0. The normalized spacial score (nSPS) is 18.9. The summed E-state index contributed by atoms with van der Waals surface area (Å²) in [5, 5.41) is 8.98. The molecule has 0 aromatic heterocycles. The Morgan fingerprint density at radius 2 is 2.19 bits per heavy atom. The third-order valence-electron chi connectivity index (χ3n) is 2.71. The minimum absolute atomic E-state index is 0.290. The van der Waals surface area contributed by atoms with Crippen molar-refractivity contribution in [3.05, 3.63) is 29.8 Å². The molecule has 0 saturated carbocycles. The number of carbonyl (C=O) groups is 1. The first-order valence-electron chi connectivity index (χ1n) is 4.95. The van der Waals surface area contributed by atoms with Crippen molar-refractivity contribution >= 4 is 11.7 Å². The number of hydrogen-bond acceptors (Lipinski definition) is 2. The summed E-state index contributed by atoms with van der Waals surface area (Å²) in [5.74, 6) is -1.06. The number of hydrogen-bond donors (Lipinski definition) is 1. The molecule has 1 atom stereocenters. The van der Waals surface area contributed by atoms with Crippen LogP contribution in [0, 0.1) is 0 Å². The molecule has 0 saturated heterocycles. The number of fused-ring (bicyclic) bond motifs is 1. The van der Waals surface area contributed by atoms with E-state index in [1.54, 1.807) is 24.3 Å². The highest BCUT2D eigenvalue weighted by molar-refractivity contribution is 5.82. The number of alkyl halides is 2. The minimum atomic E-state index is -2.53. The predicted octanol–water partition coefficient (Wildman–Crippen LogP) is 1.77. The van der Waals surface area contributed by atoms with E-state index in [2.05, 4.69) is 0 Å². The van der Waals surface area contributed by atoms with Gasteiger partial charge in [-0.3, -0.25) is 0 Å². The molecule has 0 spiro atoms. The van der Waals surface area contributed by atoms with Crippen molar-refractivity contribution in [3.8, 4) is 0 Å². The van der Waals surface area contributed by atoms with Gasteiger partial charge in [0.2, 0.25) is 0 Å². The molecule has 1 aliphatic rings. The van der Waals surface area contributed by atoms with Gasteiger partial charge in [0.1, 0.15) is 6.04 Å². The van der Waals surface area contributed by atoms with Gasteiger partial charge in [0.25, 0.3) is 6.43 Å². The zero-order valence-corrected chi connectivity index (χ0v) is 8.44. The summed E-state index contributed by atoms with van der Waals surface area (Å²) in [5.41, 5.74) is 1.42. The van der Waals surface area contributed by atoms with Gasteiger partial charge in [-0.05, 0) is 11.6 Å². The minimum Gasteiger partial charge on any atom is -0.480 e. The van der Waals surface area contributed by atoms with Gasteiger partial charge in [0.05, 0.1) is 6.54 Å². The fourth-order valence-corrected chi connectivity index (χ4v) is 2.04. The Balaban J connectivity index is 2.32. The van der Waals surface area contributed by atoms with Crippen molar-refractivity contribution in [2.45, 2.75) is 18.9 Å². The van der Waals surface area contributed by atoms with Crippen molar-refractivity contribution < 1.29 is 18.7 Å². The Morgan fingerprint density at radius 3 is 2.81 bits per heavy atom. The van der Waals surface area contributed by atoms with E-state index in [9.17, 15) is 13.6 Å². The van der Waals surface area contributed by atoms with Crippen molar-refractivity contribution in [1.82, 2.24) is 0 Å². The molecule has 0 fully saturated rings. The molecule has 0 radical (unpaired) electrons. The Hall–Kier alpha value is -1.65. The maximum Gasteiger partial charge on any atom is 0.326 e. The van der Waals surface area contributed by atoms with Gasteiger partial charge in [0.15, 0.2) is 0 Å². The summed E-state index contributed by atoms with van der Waals surface area (Å²) in [6.07, 6.45) is -2.24. The van der Waals surface area contributed by atoms with Gasteiger partial charge >= 0.3 is 5.97 Å².